The van der Waals surface area contributed by atoms with E-state index in [-0.39, 0.29) is 11.9 Å². The molecule has 1 fully saturated rings. The molecule has 0 aromatic rings. The Morgan fingerprint density at radius 2 is 1.67 bits per heavy atom. The van der Waals surface area contributed by atoms with Gasteiger partial charge in [0.15, 0.2) is 0 Å². The van der Waals surface area contributed by atoms with E-state index in [1.165, 1.54) is 0 Å². The second-order valence-electron chi connectivity index (χ2n) is 4.72. The Balaban J connectivity index is 2.30. The van der Waals surface area contributed by atoms with Crippen molar-refractivity contribution in [3.63, 3.8) is 0 Å². The summed E-state index contributed by atoms with van der Waals surface area (Å²) in [6.45, 7) is 5.84. The van der Waals surface area contributed by atoms with Crippen LogP contribution in [0.5, 0.6) is 0 Å². The lowest BCUT2D eigenvalue weighted by Crippen LogP contribution is -2.54. The summed E-state index contributed by atoms with van der Waals surface area (Å²) < 4.78 is 0. The average molecular weight is 256 g/mol. The van der Waals surface area contributed by atoms with Gasteiger partial charge >= 0.3 is 6.03 Å². The zero-order valence-corrected chi connectivity index (χ0v) is 11.6. The molecule has 1 saturated heterocycles. The molecule has 0 bridgehead atoms. The van der Waals surface area contributed by atoms with Crippen molar-refractivity contribution in [3.8, 4) is 0 Å². The zero-order chi connectivity index (χ0) is 13.5. The highest BCUT2D eigenvalue weighted by Gasteiger charge is 2.24. The van der Waals surface area contributed by atoms with Crippen LogP contribution in [0, 0.1) is 0 Å². The molecule has 18 heavy (non-hydrogen) atoms. The molecule has 0 unspecified atom stereocenters. The first kappa shape index (κ1) is 14.8. The quantitative estimate of drug-likeness (QED) is 0.710. The molecule has 1 heterocycles. The Kier molecular flexibility index (Phi) is 5.91. The fourth-order valence-electron chi connectivity index (χ4n) is 1.91. The number of amides is 3. The second kappa shape index (κ2) is 7.20. The van der Waals surface area contributed by atoms with Crippen molar-refractivity contribution in [3.05, 3.63) is 0 Å². The van der Waals surface area contributed by atoms with Crippen molar-refractivity contribution in [1.82, 2.24) is 20.0 Å². The summed E-state index contributed by atoms with van der Waals surface area (Å²) in [6.07, 6.45) is 1.03. The molecule has 1 aliphatic rings. The van der Waals surface area contributed by atoms with Crippen molar-refractivity contribution >= 4 is 11.9 Å². The predicted molar refractivity (Wildman–Crippen MR) is 70.4 cm³/mol. The van der Waals surface area contributed by atoms with Gasteiger partial charge in [-0.3, -0.25) is 4.79 Å². The van der Waals surface area contributed by atoms with E-state index in [2.05, 4.69) is 12.2 Å². The van der Waals surface area contributed by atoms with Crippen LogP contribution >= 0.6 is 0 Å². The van der Waals surface area contributed by atoms with Crippen molar-refractivity contribution < 1.29 is 9.59 Å². The third-order valence-corrected chi connectivity index (χ3v) is 2.99. The van der Waals surface area contributed by atoms with E-state index >= 15 is 0 Å². The van der Waals surface area contributed by atoms with Crippen LogP contribution in [0.15, 0.2) is 0 Å². The zero-order valence-electron chi connectivity index (χ0n) is 11.6. The number of carbonyl (C=O) groups excluding carboxylic acids is 2. The van der Waals surface area contributed by atoms with E-state index in [1.54, 1.807) is 23.9 Å². The van der Waals surface area contributed by atoms with E-state index in [4.69, 9.17) is 0 Å². The minimum absolute atomic E-state index is 0.0196. The maximum absolute atomic E-state index is 11.8. The van der Waals surface area contributed by atoms with E-state index in [0.717, 1.165) is 13.0 Å². The van der Waals surface area contributed by atoms with Gasteiger partial charge in [0, 0.05) is 40.3 Å². The highest BCUT2D eigenvalue weighted by Crippen LogP contribution is 2.04. The van der Waals surface area contributed by atoms with Gasteiger partial charge in [0.2, 0.25) is 5.91 Å². The molecule has 1 rings (SSSR count). The molecule has 0 spiro atoms. The summed E-state index contributed by atoms with van der Waals surface area (Å²) in [5.41, 5.74) is 0. The fraction of sp³-hybridized carbons (Fsp3) is 0.833. The molecule has 6 heteroatoms. The molecule has 0 radical (unpaired) electrons. The number of hydrogen-bond donors (Lipinski definition) is 1. The third kappa shape index (κ3) is 4.18. The lowest BCUT2D eigenvalue weighted by Gasteiger charge is -2.36. The first-order valence-electron chi connectivity index (χ1n) is 6.51. The van der Waals surface area contributed by atoms with Gasteiger partial charge in [-0.15, -0.1) is 0 Å². The normalized spacial score (nSPS) is 15.7. The van der Waals surface area contributed by atoms with E-state index < -0.39 is 0 Å². The van der Waals surface area contributed by atoms with Gasteiger partial charge in [0.05, 0.1) is 6.54 Å². The number of rotatable bonds is 4. The molecule has 1 aliphatic heterocycles. The van der Waals surface area contributed by atoms with Gasteiger partial charge < -0.3 is 20.0 Å². The molecule has 1 N–H and O–H groups in total. The first-order chi connectivity index (χ1) is 8.56. The van der Waals surface area contributed by atoms with Crippen molar-refractivity contribution in [2.75, 3.05) is 53.4 Å². The molecule has 104 valence electrons. The lowest BCUT2D eigenvalue weighted by atomic mass is 10.3. The summed E-state index contributed by atoms with van der Waals surface area (Å²) in [7, 11) is 3.49. The lowest BCUT2D eigenvalue weighted by molar-refractivity contribution is -0.131. The van der Waals surface area contributed by atoms with Crippen LogP contribution in [-0.2, 0) is 4.79 Å². The van der Waals surface area contributed by atoms with Crippen LogP contribution in [0.1, 0.15) is 13.3 Å². The highest BCUT2D eigenvalue weighted by molar-refractivity contribution is 5.79. The molecule has 6 nitrogen and oxygen atoms in total. The van der Waals surface area contributed by atoms with E-state index in [9.17, 15) is 9.59 Å². The minimum Gasteiger partial charge on any atom is -0.338 e. The molecule has 0 aromatic heterocycles. The van der Waals surface area contributed by atoms with Crippen LogP contribution in [0.25, 0.3) is 0 Å². The minimum atomic E-state index is 0.0196. The Bertz CT molecular complexity index is 286. The number of hydrogen-bond acceptors (Lipinski definition) is 3. The van der Waals surface area contributed by atoms with Crippen molar-refractivity contribution in [2.45, 2.75) is 13.3 Å². The monoisotopic (exact) mass is 256 g/mol. The van der Waals surface area contributed by atoms with Crippen molar-refractivity contribution in [1.29, 1.82) is 0 Å². The van der Waals surface area contributed by atoms with Gasteiger partial charge in [-0.05, 0) is 13.0 Å². The smallest absolute Gasteiger partial charge is 0.319 e. The molecule has 3 amide bonds. The Morgan fingerprint density at radius 1 is 1.11 bits per heavy atom. The Labute approximate surface area is 109 Å². The molecule has 0 atom stereocenters. The van der Waals surface area contributed by atoms with Crippen LogP contribution < -0.4 is 5.32 Å². The molecular weight excluding hydrogens is 232 g/mol. The SMILES string of the molecule is CCCNCC(=O)N1CCN(C(=O)N(C)C)CC1. The van der Waals surface area contributed by atoms with Crippen molar-refractivity contribution in [2.24, 2.45) is 0 Å². The molecule has 0 saturated carbocycles. The molecule has 0 aliphatic carbocycles. The van der Waals surface area contributed by atoms with E-state index in [1.807, 2.05) is 4.90 Å². The standard InChI is InChI=1S/C12H24N4O2/c1-4-5-13-10-11(17)15-6-8-16(9-7-15)12(18)14(2)3/h13H,4-10H2,1-3H3. The van der Waals surface area contributed by atoms with Gasteiger partial charge in [0.1, 0.15) is 0 Å². The maximum atomic E-state index is 11.8. The molecule has 0 aromatic carbocycles. The Morgan fingerprint density at radius 3 is 2.17 bits per heavy atom. The average Bonchev–Trinajstić information content (AvgIpc) is 2.38. The topological polar surface area (TPSA) is 55.9 Å². The van der Waals surface area contributed by atoms with Gasteiger partial charge in [-0.2, -0.15) is 0 Å². The van der Waals surface area contributed by atoms with Crippen LogP contribution in [0.3, 0.4) is 0 Å². The summed E-state index contributed by atoms with van der Waals surface area (Å²) in [6, 6.07) is 0.0196. The fourth-order valence-corrected chi connectivity index (χ4v) is 1.91. The van der Waals surface area contributed by atoms with Gasteiger partial charge in [-0.25, -0.2) is 4.79 Å². The number of carbonyl (C=O) groups is 2. The number of nitrogens with zero attached hydrogens (tertiary/aromatic N) is 3. The summed E-state index contributed by atoms with van der Waals surface area (Å²) in [5, 5.41) is 3.10. The third-order valence-electron chi connectivity index (χ3n) is 2.99. The molecular formula is C12H24N4O2. The van der Waals surface area contributed by atoms with Crippen LogP contribution in [0.4, 0.5) is 4.79 Å². The van der Waals surface area contributed by atoms with E-state index in [0.29, 0.717) is 32.7 Å². The second-order valence-corrected chi connectivity index (χ2v) is 4.72. The Hall–Kier alpha value is -1.30. The number of urea groups is 1. The van der Waals surface area contributed by atoms with Crippen LogP contribution in [-0.4, -0.2) is 80.0 Å². The summed E-state index contributed by atoms with van der Waals surface area (Å²) in [4.78, 5) is 28.7. The number of nitrogens with one attached hydrogen (secondary N) is 1. The largest absolute Gasteiger partial charge is 0.338 e. The summed E-state index contributed by atoms with van der Waals surface area (Å²) in [5.74, 6) is 0.125. The predicted octanol–water partition coefficient (Wildman–Crippen LogP) is -0.188. The maximum Gasteiger partial charge on any atom is 0.319 e. The number of piperazine rings is 1. The highest BCUT2D eigenvalue weighted by atomic mass is 16.2. The van der Waals surface area contributed by atoms with Gasteiger partial charge in [-0.1, -0.05) is 6.92 Å². The van der Waals surface area contributed by atoms with Gasteiger partial charge in [0.25, 0.3) is 0 Å². The first-order valence-corrected chi connectivity index (χ1v) is 6.51. The summed E-state index contributed by atoms with van der Waals surface area (Å²) >= 11 is 0. The van der Waals surface area contributed by atoms with Crippen LogP contribution in [0.2, 0.25) is 0 Å².